The van der Waals surface area contributed by atoms with E-state index < -0.39 is 17.0 Å². The van der Waals surface area contributed by atoms with Gasteiger partial charge in [-0.05, 0) is 74.9 Å². The molecule has 0 aliphatic heterocycles. The summed E-state index contributed by atoms with van der Waals surface area (Å²) < 4.78 is 19.3. The van der Waals surface area contributed by atoms with Crippen LogP contribution in [0.15, 0.2) is 53.4 Å². The number of anilines is 2. The van der Waals surface area contributed by atoms with Crippen LogP contribution in [-0.2, 0) is 22.4 Å². The van der Waals surface area contributed by atoms with Crippen LogP contribution in [0.25, 0.3) is 0 Å². The lowest BCUT2D eigenvalue weighted by atomic mass is 10.1. The zero-order chi connectivity index (χ0) is 27.1. The van der Waals surface area contributed by atoms with Crippen LogP contribution in [0.4, 0.5) is 15.1 Å². The topological polar surface area (TPSA) is 84.5 Å². The third-order valence-corrected chi connectivity index (χ3v) is 8.85. The number of benzene rings is 2. The van der Waals surface area contributed by atoms with Gasteiger partial charge in [-0.15, -0.1) is 23.1 Å². The maximum Gasteiger partial charge on any atom is 0.341 e. The molecule has 1 aromatic heterocycles. The lowest BCUT2D eigenvalue weighted by molar-refractivity contribution is -0.115. The predicted molar refractivity (Wildman–Crippen MR) is 151 cm³/mol. The molecule has 9 heteroatoms. The second-order valence-electron chi connectivity index (χ2n) is 8.95. The first-order chi connectivity index (χ1) is 18.4. The van der Waals surface area contributed by atoms with Crippen molar-refractivity contribution in [3.63, 3.8) is 0 Å². The molecule has 1 heterocycles. The first kappa shape index (κ1) is 27.9. The van der Waals surface area contributed by atoms with E-state index >= 15 is 0 Å². The fourth-order valence-corrected chi connectivity index (χ4v) is 6.71. The standard InChI is InChI=1S/C29H31FN2O4S2/c1-3-23(37-19-12-10-11-18(17-19)31-26(33)20-13-8-9-15-22(20)30)27(34)32-28-25(29(35)36-4-2)21-14-6-5-7-16-24(21)38-28/h8-13,15,17,23H,3-7,14,16H2,1-2H3,(H,31,33)(H,32,34). The van der Waals surface area contributed by atoms with Crippen molar-refractivity contribution >= 4 is 51.6 Å². The molecule has 0 radical (unpaired) electrons. The molecule has 2 aromatic carbocycles. The molecule has 38 heavy (non-hydrogen) atoms. The molecule has 200 valence electrons. The summed E-state index contributed by atoms with van der Waals surface area (Å²) in [5.74, 6) is -1.72. The summed E-state index contributed by atoms with van der Waals surface area (Å²) in [5.41, 5.74) is 1.98. The van der Waals surface area contributed by atoms with E-state index in [-0.39, 0.29) is 24.0 Å². The Balaban J connectivity index is 1.49. The molecule has 0 saturated heterocycles. The lowest BCUT2D eigenvalue weighted by Crippen LogP contribution is -2.25. The molecule has 0 saturated carbocycles. The first-order valence-corrected chi connectivity index (χ1v) is 14.6. The Labute approximate surface area is 230 Å². The van der Waals surface area contributed by atoms with Gasteiger partial charge in [-0.3, -0.25) is 9.59 Å². The van der Waals surface area contributed by atoms with Crippen LogP contribution in [0.3, 0.4) is 0 Å². The average Bonchev–Trinajstić information content (AvgIpc) is 3.07. The van der Waals surface area contributed by atoms with Crippen molar-refractivity contribution in [2.24, 2.45) is 0 Å². The number of fused-ring (bicyclic) bond motifs is 1. The minimum atomic E-state index is -0.591. The van der Waals surface area contributed by atoms with Crippen LogP contribution < -0.4 is 10.6 Å². The van der Waals surface area contributed by atoms with Crippen molar-refractivity contribution in [2.75, 3.05) is 17.2 Å². The quantitative estimate of drug-likeness (QED) is 0.168. The Morgan fingerprint density at radius 1 is 1.03 bits per heavy atom. The smallest absolute Gasteiger partial charge is 0.341 e. The molecule has 2 N–H and O–H groups in total. The largest absolute Gasteiger partial charge is 0.462 e. The summed E-state index contributed by atoms with van der Waals surface area (Å²) in [5, 5.41) is 5.88. The van der Waals surface area contributed by atoms with E-state index in [2.05, 4.69) is 10.6 Å². The molecule has 1 unspecified atom stereocenters. The number of rotatable bonds is 9. The summed E-state index contributed by atoms with van der Waals surface area (Å²) in [4.78, 5) is 40.7. The third-order valence-electron chi connectivity index (χ3n) is 6.29. The number of esters is 1. The fourth-order valence-electron chi connectivity index (χ4n) is 4.42. The number of carbonyl (C=O) groups excluding carboxylic acids is 3. The van der Waals surface area contributed by atoms with E-state index in [1.165, 1.54) is 41.3 Å². The highest BCUT2D eigenvalue weighted by molar-refractivity contribution is 8.00. The number of thiophene rings is 1. The van der Waals surface area contributed by atoms with Crippen molar-refractivity contribution in [2.45, 2.75) is 62.5 Å². The van der Waals surface area contributed by atoms with Gasteiger partial charge < -0.3 is 15.4 Å². The molecular weight excluding hydrogens is 523 g/mol. The van der Waals surface area contributed by atoms with Crippen molar-refractivity contribution < 1.29 is 23.5 Å². The Hall–Kier alpha value is -3.17. The lowest BCUT2D eigenvalue weighted by Gasteiger charge is -2.16. The minimum absolute atomic E-state index is 0.0388. The SMILES string of the molecule is CCOC(=O)c1c(NC(=O)C(CC)Sc2cccc(NC(=O)c3ccccc3F)c2)sc2c1CCCCC2. The average molecular weight is 555 g/mol. The van der Waals surface area contributed by atoms with E-state index in [0.29, 0.717) is 22.7 Å². The van der Waals surface area contributed by atoms with Crippen LogP contribution in [0, 0.1) is 5.82 Å². The molecule has 2 amide bonds. The number of amides is 2. The molecule has 6 nitrogen and oxygen atoms in total. The van der Waals surface area contributed by atoms with Gasteiger partial charge in [0.1, 0.15) is 10.8 Å². The monoisotopic (exact) mass is 554 g/mol. The van der Waals surface area contributed by atoms with Gasteiger partial charge in [0.2, 0.25) is 5.91 Å². The molecule has 1 atom stereocenters. The molecule has 0 fully saturated rings. The summed E-state index contributed by atoms with van der Waals surface area (Å²) in [7, 11) is 0. The number of carbonyl (C=O) groups is 3. The van der Waals surface area contributed by atoms with E-state index in [4.69, 9.17) is 4.74 Å². The first-order valence-electron chi connectivity index (χ1n) is 12.9. The van der Waals surface area contributed by atoms with Crippen LogP contribution in [0.5, 0.6) is 0 Å². The maximum atomic E-state index is 14.0. The summed E-state index contributed by atoms with van der Waals surface area (Å²) in [6.07, 6.45) is 5.48. The molecule has 3 aromatic rings. The summed E-state index contributed by atoms with van der Waals surface area (Å²) in [6, 6.07) is 12.9. The van der Waals surface area contributed by atoms with E-state index in [1.54, 1.807) is 31.2 Å². The Bertz CT molecular complexity index is 1320. The summed E-state index contributed by atoms with van der Waals surface area (Å²) >= 11 is 2.85. The number of aryl methyl sites for hydroxylation is 1. The number of thioether (sulfide) groups is 1. The second-order valence-corrected chi connectivity index (χ2v) is 11.3. The van der Waals surface area contributed by atoms with Crippen molar-refractivity contribution in [3.05, 3.63) is 75.9 Å². The highest BCUT2D eigenvalue weighted by Gasteiger charge is 2.28. The molecule has 0 spiro atoms. The van der Waals surface area contributed by atoms with Gasteiger partial charge in [0, 0.05) is 15.5 Å². The van der Waals surface area contributed by atoms with Gasteiger partial charge in [-0.1, -0.05) is 31.5 Å². The van der Waals surface area contributed by atoms with Crippen molar-refractivity contribution in [3.8, 4) is 0 Å². The normalized spacial score (nSPS) is 13.7. The molecule has 4 rings (SSSR count). The second kappa shape index (κ2) is 13.1. The number of nitrogens with one attached hydrogen (secondary N) is 2. The van der Waals surface area contributed by atoms with Crippen molar-refractivity contribution in [1.82, 2.24) is 0 Å². The fraction of sp³-hybridized carbons (Fsp3) is 0.345. The highest BCUT2D eigenvalue weighted by Crippen LogP contribution is 2.39. The molecule has 1 aliphatic carbocycles. The van der Waals surface area contributed by atoms with Crippen LogP contribution in [0.1, 0.15) is 70.7 Å². The van der Waals surface area contributed by atoms with Gasteiger partial charge in [0.25, 0.3) is 5.91 Å². The van der Waals surface area contributed by atoms with Crippen LogP contribution >= 0.6 is 23.1 Å². The maximum absolute atomic E-state index is 14.0. The number of halogens is 1. The van der Waals surface area contributed by atoms with Gasteiger partial charge in [0.05, 0.1) is 23.0 Å². The number of ether oxygens (including phenoxy) is 1. The van der Waals surface area contributed by atoms with Crippen LogP contribution in [0.2, 0.25) is 0 Å². The Morgan fingerprint density at radius 2 is 1.82 bits per heavy atom. The Kier molecular flexibility index (Phi) is 9.58. The van der Waals surface area contributed by atoms with Gasteiger partial charge in [0.15, 0.2) is 0 Å². The Morgan fingerprint density at radius 3 is 2.58 bits per heavy atom. The zero-order valence-electron chi connectivity index (χ0n) is 21.5. The molecule has 0 bridgehead atoms. The van der Waals surface area contributed by atoms with Crippen LogP contribution in [-0.4, -0.2) is 29.6 Å². The molecule has 1 aliphatic rings. The third kappa shape index (κ3) is 6.63. The number of hydrogen-bond donors (Lipinski definition) is 2. The van der Waals surface area contributed by atoms with Gasteiger partial charge in [-0.25, -0.2) is 9.18 Å². The number of hydrogen-bond acceptors (Lipinski definition) is 6. The predicted octanol–water partition coefficient (Wildman–Crippen LogP) is 7.09. The van der Waals surface area contributed by atoms with Gasteiger partial charge in [-0.2, -0.15) is 0 Å². The summed E-state index contributed by atoms with van der Waals surface area (Å²) in [6.45, 7) is 3.98. The van der Waals surface area contributed by atoms with Crippen molar-refractivity contribution in [1.29, 1.82) is 0 Å². The van der Waals surface area contributed by atoms with E-state index in [1.807, 2.05) is 13.0 Å². The van der Waals surface area contributed by atoms with Gasteiger partial charge >= 0.3 is 5.97 Å². The molecular formula is C29H31FN2O4S2. The van der Waals surface area contributed by atoms with E-state index in [9.17, 15) is 18.8 Å². The van der Waals surface area contributed by atoms with E-state index in [0.717, 1.165) is 47.4 Å². The highest BCUT2D eigenvalue weighted by atomic mass is 32.2. The zero-order valence-corrected chi connectivity index (χ0v) is 23.1. The minimum Gasteiger partial charge on any atom is -0.462 e.